The fourth-order valence-electron chi connectivity index (χ4n) is 0.292. The van der Waals surface area contributed by atoms with Gasteiger partial charge in [0.2, 0.25) is 0 Å². The molecular formula is C3H5N3O+. The summed E-state index contributed by atoms with van der Waals surface area (Å²) >= 11 is 0. The summed E-state index contributed by atoms with van der Waals surface area (Å²) in [5.41, 5.74) is 0. The van der Waals surface area contributed by atoms with Gasteiger partial charge in [0.25, 0.3) is 6.34 Å². The molecule has 4 nitrogen and oxygen atoms in total. The van der Waals surface area contributed by atoms with Crippen molar-refractivity contribution in [1.82, 2.24) is 10.3 Å². The van der Waals surface area contributed by atoms with E-state index < -0.39 is 0 Å². The van der Waals surface area contributed by atoms with Crippen molar-refractivity contribution in [3.8, 4) is 0 Å². The van der Waals surface area contributed by atoms with E-state index in [0.717, 1.165) is 0 Å². The van der Waals surface area contributed by atoms with E-state index in [-0.39, 0.29) is 0 Å². The molecule has 0 spiro atoms. The minimum atomic E-state index is 1.26. The van der Waals surface area contributed by atoms with Gasteiger partial charge in [-0.3, -0.25) is 0 Å². The highest BCUT2D eigenvalue weighted by molar-refractivity contribution is 5.73. The number of hydrogen-bond acceptors (Lipinski definition) is 4. The van der Waals surface area contributed by atoms with E-state index in [0.29, 0.717) is 0 Å². The van der Waals surface area contributed by atoms with Crippen molar-refractivity contribution in [2.75, 3.05) is 7.11 Å². The third-order valence-corrected chi connectivity index (χ3v) is 0.585. The number of hydrogen-bond donors (Lipinski definition) is 0. The maximum atomic E-state index is 4.60. The average Bonchev–Trinajstić information content (AvgIpc) is 2.14. The molecule has 0 unspecified atom stereocenters. The quantitative estimate of drug-likeness (QED) is 0.430. The van der Waals surface area contributed by atoms with Crippen LogP contribution in [0.1, 0.15) is 0 Å². The van der Waals surface area contributed by atoms with Crippen molar-refractivity contribution >= 4 is 12.7 Å². The Bertz CT molecular complexity index is 96.7. The van der Waals surface area contributed by atoms with Crippen LogP contribution in [0, 0.1) is 0 Å². The fourth-order valence-corrected chi connectivity index (χ4v) is 0.292. The Labute approximate surface area is 41.1 Å². The molecule has 0 aromatic rings. The van der Waals surface area contributed by atoms with E-state index in [1.807, 2.05) is 0 Å². The SMILES string of the molecule is CON1C=NC=[N+]1. The second-order valence-corrected chi connectivity index (χ2v) is 0.981. The van der Waals surface area contributed by atoms with Gasteiger partial charge < -0.3 is 0 Å². The highest BCUT2D eigenvalue weighted by Gasteiger charge is 2.07. The van der Waals surface area contributed by atoms with Crippen LogP contribution in [0.15, 0.2) is 4.99 Å². The van der Waals surface area contributed by atoms with Gasteiger partial charge in [-0.2, -0.15) is 0 Å². The largest absolute Gasteiger partial charge is 0.357 e. The summed E-state index contributed by atoms with van der Waals surface area (Å²) in [7, 11) is 1.52. The summed E-state index contributed by atoms with van der Waals surface area (Å²) in [6, 6.07) is 0. The molecule has 37 valence electrons. The third-order valence-electron chi connectivity index (χ3n) is 0.585. The van der Waals surface area contributed by atoms with Crippen LogP contribution in [-0.4, -0.2) is 25.0 Å². The topological polar surface area (TPSA) is 38.9 Å². The summed E-state index contributed by atoms with van der Waals surface area (Å²) in [5.74, 6) is 0. The number of rotatable bonds is 1. The van der Waals surface area contributed by atoms with Gasteiger partial charge in [-0.15, -0.1) is 0 Å². The predicted molar refractivity (Wildman–Crippen MR) is 25.5 cm³/mol. The van der Waals surface area contributed by atoms with Gasteiger partial charge in [0.15, 0.2) is 0 Å². The Balaban J connectivity index is 2.44. The van der Waals surface area contributed by atoms with Crippen LogP contribution in [0.5, 0.6) is 0 Å². The number of hydroxylamine groups is 1. The monoisotopic (exact) mass is 99.0 g/mol. The van der Waals surface area contributed by atoms with Crippen molar-refractivity contribution in [3.63, 3.8) is 0 Å². The van der Waals surface area contributed by atoms with E-state index in [1.165, 1.54) is 25.0 Å². The maximum absolute atomic E-state index is 4.60. The first-order chi connectivity index (χ1) is 3.43. The summed E-state index contributed by atoms with van der Waals surface area (Å²) in [5, 5.41) is 4.88. The van der Waals surface area contributed by atoms with E-state index in [4.69, 9.17) is 0 Å². The Kier molecular flexibility index (Phi) is 1.04. The highest BCUT2D eigenvalue weighted by Crippen LogP contribution is 1.77. The van der Waals surface area contributed by atoms with Crippen molar-refractivity contribution in [3.05, 3.63) is 0 Å². The zero-order valence-electron chi connectivity index (χ0n) is 3.90. The molecule has 0 amide bonds. The first-order valence-corrected chi connectivity index (χ1v) is 1.82. The lowest BCUT2D eigenvalue weighted by molar-refractivity contribution is -0.0740. The Morgan fingerprint density at radius 1 is 1.86 bits per heavy atom. The highest BCUT2D eigenvalue weighted by atomic mass is 16.7. The second kappa shape index (κ2) is 1.70. The third kappa shape index (κ3) is 0.747. The lowest BCUT2D eigenvalue weighted by Crippen LogP contribution is -2.18. The standard InChI is InChI=1S/C3H5N3O/c1-7-6-3-4-2-5-6/h2-3H,1H3/q+1. The Hall–Kier alpha value is -0.900. The zero-order chi connectivity index (χ0) is 5.11. The molecule has 0 saturated heterocycles. The molecule has 0 aromatic carbocycles. The smallest absolute Gasteiger partial charge is 0.235 e. The fraction of sp³-hybridized carbons (Fsp3) is 0.333. The summed E-state index contributed by atoms with van der Waals surface area (Å²) in [6.45, 7) is 0. The van der Waals surface area contributed by atoms with Crippen LogP contribution in [0.4, 0.5) is 0 Å². The minimum absolute atomic E-state index is 1.26. The molecule has 0 saturated carbocycles. The molecule has 0 N–H and O–H groups in total. The van der Waals surface area contributed by atoms with Gasteiger partial charge in [-0.1, -0.05) is 0 Å². The molecule has 0 aliphatic carbocycles. The molecule has 4 heteroatoms. The molecule has 0 atom stereocenters. The Morgan fingerprint density at radius 2 is 2.71 bits per heavy atom. The van der Waals surface area contributed by atoms with E-state index in [1.54, 1.807) is 0 Å². The first kappa shape index (κ1) is 4.26. The van der Waals surface area contributed by atoms with Crippen LogP contribution in [0.25, 0.3) is 0 Å². The van der Waals surface area contributed by atoms with Gasteiger partial charge in [0, 0.05) is 0 Å². The van der Waals surface area contributed by atoms with Crippen molar-refractivity contribution < 1.29 is 4.84 Å². The molecule has 1 aliphatic rings. The second-order valence-electron chi connectivity index (χ2n) is 0.981. The van der Waals surface area contributed by atoms with Crippen LogP contribution in [0.2, 0.25) is 0 Å². The van der Waals surface area contributed by atoms with Crippen LogP contribution in [-0.2, 0) is 4.84 Å². The van der Waals surface area contributed by atoms with Gasteiger partial charge in [-0.25, -0.2) is 4.84 Å². The predicted octanol–water partition coefficient (Wildman–Crippen LogP) is -0.829. The van der Waals surface area contributed by atoms with Crippen LogP contribution >= 0.6 is 0 Å². The van der Waals surface area contributed by atoms with Gasteiger partial charge in [-0.05, 0) is 10.2 Å². The Morgan fingerprint density at radius 3 is 3.00 bits per heavy atom. The summed E-state index contributed by atoms with van der Waals surface area (Å²) in [4.78, 5) is 8.22. The summed E-state index contributed by atoms with van der Waals surface area (Å²) < 4.78 is 0. The lowest BCUT2D eigenvalue weighted by Gasteiger charge is -1.91. The number of nitrogens with zero attached hydrogens (tertiary/aromatic N) is 3. The van der Waals surface area contributed by atoms with Gasteiger partial charge >= 0.3 is 6.34 Å². The molecular weight excluding hydrogens is 94.1 g/mol. The number of hydrazone groups is 1. The molecule has 0 fully saturated rings. The lowest BCUT2D eigenvalue weighted by atomic mass is 11.3. The van der Waals surface area contributed by atoms with E-state index in [2.05, 4.69) is 14.9 Å². The molecule has 1 aliphatic heterocycles. The molecule has 1 heterocycles. The van der Waals surface area contributed by atoms with E-state index in [9.17, 15) is 0 Å². The molecule has 1 radical (unpaired) electrons. The number of aliphatic imine (C=N–C) groups is 1. The molecule has 7 heavy (non-hydrogen) atoms. The normalized spacial score (nSPS) is 16.4. The van der Waals surface area contributed by atoms with Crippen LogP contribution < -0.4 is 5.10 Å². The molecule has 1 rings (SSSR count). The minimum Gasteiger partial charge on any atom is -0.235 e. The first-order valence-electron chi connectivity index (χ1n) is 1.82. The van der Waals surface area contributed by atoms with Gasteiger partial charge in [0.1, 0.15) is 0 Å². The average molecular weight is 99.1 g/mol. The maximum Gasteiger partial charge on any atom is 0.357 e. The van der Waals surface area contributed by atoms with Gasteiger partial charge in [0.05, 0.1) is 12.2 Å². The molecule has 0 bridgehead atoms. The summed E-state index contributed by atoms with van der Waals surface area (Å²) in [6.07, 6.45) is 2.88. The zero-order valence-corrected chi connectivity index (χ0v) is 3.90. The van der Waals surface area contributed by atoms with Crippen molar-refractivity contribution in [2.24, 2.45) is 4.99 Å². The van der Waals surface area contributed by atoms with Crippen molar-refractivity contribution in [2.45, 2.75) is 0 Å². The van der Waals surface area contributed by atoms with Crippen molar-refractivity contribution in [1.29, 1.82) is 0 Å². The van der Waals surface area contributed by atoms with Crippen LogP contribution in [0.3, 0.4) is 0 Å². The van der Waals surface area contributed by atoms with E-state index >= 15 is 0 Å². The molecule has 0 aromatic heterocycles.